The van der Waals surface area contributed by atoms with Crippen LogP contribution in [0.5, 0.6) is 0 Å². The second kappa shape index (κ2) is 9.30. The second-order valence-electron chi connectivity index (χ2n) is 5.95. The Balaban J connectivity index is 2.81. The van der Waals surface area contributed by atoms with Gasteiger partial charge >= 0.3 is 5.97 Å². The van der Waals surface area contributed by atoms with Crippen molar-refractivity contribution < 1.29 is 14.3 Å². The van der Waals surface area contributed by atoms with Crippen LogP contribution < -0.4 is 0 Å². The molecule has 0 aliphatic carbocycles. The van der Waals surface area contributed by atoms with E-state index in [4.69, 9.17) is 4.74 Å². The first-order valence-corrected chi connectivity index (χ1v) is 8.02. The molecule has 0 aromatic heterocycles. The zero-order valence-electron chi connectivity index (χ0n) is 14.9. The molecule has 0 saturated heterocycles. The third-order valence-corrected chi connectivity index (χ3v) is 3.75. The fraction of sp³-hybridized carbons (Fsp3) is 0.556. The third kappa shape index (κ3) is 6.40. The lowest BCUT2D eigenvalue weighted by molar-refractivity contribution is -0.143. The lowest BCUT2D eigenvalue weighted by Gasteiger charge is -2.24. The summed E-state index contributed by atoms with van der Waals surface area (Å²) in [4.78, 5) is 28.1. The number of benzene rings is 1. The molecule has 0 aliphatic rings. The van der Waals surface area contributed by atoms with E-state index in [-0.39, 0.29) is 18.3 Å². The highest BCUT2D eigenvalue weighted by molar-refractivity contribution is 5.94. The molecule has 1 aromatic carbocycles. The molecular formula is C18H28N2O3. The smallest absolute Gasteiger partial charge is 0.307 e. The van der Waals surface area contributed by atoms with Crippen molar-refractivity contribution in [2.45, 2.75) is 27.2 Å². The number of ether oxygens (including phenoxy) is 1. The van der Waals surface area contributed by atoms with Crippen LogP contribution in [0.2, 0.25) is 0 Å². The number of carbonyl (C=O) groups is 2. The first kappa shape index (κ1) is 19.2. The largest absolute Gasteiger partial charge is 0.466 e. The van der Waals surface area contributed by atoms with E-state index >= 15 is 0 Å². The van der Waals surface area contributed by atoms with E-state index in [9.17, 15) is 9.59 Å². The summed E-state index contributed by atoms with van der Waals surface area (Å²) < 4.78 is 4.95. The highest BCUT2D eigenvalue weighted by atomic mass is 16.5. The van der Waals surface area contributed by atoms with Crippen LogP contribution in [0.3, 0.4) is 0 Å². The number of aryl methyl sites for hydroxylation is 2. The quantitative estimate of drug-likeness (QED) is 0.690. The predicted molar refractivity (Wildman–Crippen MR) is 91.6 cm³/mol. The molecule has 0 radical (unpaired) electrons. The van der Waals surface area contributed by atoms with Crippen molar-refractivity contribution in [2.24, 2.45) is 0 Å². The lowest BCUT2D eigenvalue weighted by Crippen LogP contribution is -2.38. The van der Waals surface area contributed by atoms with Gasteiger partial charge in [0.15, 0.2) is 0 Å². The van der Waals surface area contributed by atoms with Gasteiger partial charge in [-0.1, -0.05) is 6.07 Å². The average molecular weight is 320 g/mol. The van der Waals surface area contributed by atoms with Crippen molar-refractivity contribution in [3.8, 4) is 0 Å². The molecule has 0 atom stereocenters. The molecule has 5 nitrogen and oxygen atoms in total. The van der Waals surface area contributed by atoms with E-state index in [0.717, 1.165) is 17.7 Å². The zero-order chi connectivity index (χ0) is 17.4. The minimum Gasteiger partial charge on any atom is -0.466 e. The van der Waals surface area contributed by atoms with Crippen LogP contribution in [0, 0.1) is 13.8 Å². The summed E-state index contributed by atoms with van der Waals surface area (Å²) in [5.74, 6) is -0.311. The van der Waals surface area contributed by atoms with E-state index in [1.807, 2.05) is 51.0 Å². The first-order chi connectivity index (χ1) is 10.8. The molecule has 0 N–H and O–H groups in total. The summed E-state index contributed by atoms with van der Waals surface area (Å²) in [7, 11) is 3.92. The van der Waals surface area contributed by atoms with Crippen molar-refractivity contribution in [2.75, 3.05) is 40.3 Å². The van der Waals surface area contributed by atoms with E-state index in [1.165, 1.54) is 0 Å². The van der Waals surface area contributed by atoms with Crippen LogP contribution in [0.4, 0.5) is 0 Å². The number of amides is 1. The second-order valence-corrected chi connectivity index (χ2v) is 5.95. The molecular weight excluding hydrogens is 292 g/mol. The monoisotopic (exact) mass is 320 g/mol. The van der Waals surface area contributed by atoms with E-state index in [1.54, 1.807) is 11.8 Å². The third-order valence-electron chi connectivity index (χ3n) is 3.75. The van der Waals surface area contributed by atoms with Crippen LogP contribution in [-0.2, 0) is 9.53 Å². The predicted octanol–water partition coefficient (Wildman–Crippen LogP) is 2.26. The van der Waals surface area contributed by atoms with Gasteiger partial charge < -0.3 is 14.5 Å². The molecule has 23 heavy (non-hydrogen) atoms. The van der Waals surface area contributed by atoms with Gasteiger partial charge in [0, 0.05) is 25.2 Å². The molecule has 128 valence electrons. The van der Waals surface area contributed by atoms with E-state index in [0.29, 0.717) is 25.3 Å². The average Bonchev–Trinajstić information content (AvgIpc) is 2.49. The van der Waals surface area contributed by atoms with Gasteiger partial charge in [-0.3, -0.25) is 9.59 Å². The van der Waals surface area contributed by atoms with Crippen molar-refractivity contribution >= 4 is 11.9 Å². The molecule has 1 aromatic rings. The zero-order valence-corrected chi connectivity index (χ0v) is 14.9. The summed E-state index contributed by atoms with van der Waals surface area (Å²) in [5.41, 5.74) is 2.91. The van der Waals surface area contributed by atoms with Crippen LogP contribution in [-0.4, -0.2) is 62.0 Å². The summed E-state index contributed by atoms with van der Waals surface area (Å²) in [5, 5.41) is 0. The highest BCUT2D eigenvalue weighted by Crippen LogP contribution is 2.12. The standard InChI is InChI=1S/C18H28N2O3/c1-6-23-17(21)9-10-20(12-11-19(4)5)18(22)16-8-7-14(2)15(3)13-16/h7-8,13H,6,9-12H2,1-5H3. The maximum atomic E-state index is 12.7. The van der Waals surface area contributed by atoms with Crippen LogP contribution in [0.25, 0.3) is 0 Å². The van der Waals surface area contributed by atoms with Gasteiger partial charge in [-0.2, -0.15) is 0 Å². The topological polar surface area (TPSA) is 49.9 Å². The molecule has 0 spiro atoms. The maximum Gasteiger partial charge on any atom is 0.307 e. The Morgan fingerprint density at radius 3 is 2.30 bits per heavy atom. The van der Waals surface area contributed by atoms with Crippen molar-refractivity contribution in [1.82, 2.24) is 9.80 Å². The van der Waals surface area contributed by atoms with Gasteiger partial charge in [0.25, 0.3) is 5.91 Å². The Hall–Kier alpha value is -1.88. The number of esters is 1. The fourth-order valence-corrected chi connectivity index (χ4v) is 2.15. The summed E-state index contributed by atoms with van der Waals surface area (Å²) >= 11 is 0. The van der Waals surface area contributed by atoms with Crippen LogP contribution in [0.15, 0.2) is 18.2 Å². The molecule has 0 fully saturated rings. The van der Waals surface area contributed by atoms with Gasteiger partial charge in [0.05, 0.1) is 13.0 Å². The normalized spacial score (nSPS) is 10.7. The Kier molecular flexibility index (Phi) is 7.75. The van der Waals surface area contributed by atoms with Gasteiger partial charge in [0.1, 0.15) is 0 Å². The first-order valence-electron chi connectivity index (χ1n) is 8.02. The summed E-state index contributed by atoms with van der Waals surface area (Å²) in [6, 6.07) is 5.71. The Morgan fingerprint density at radius 2 is 1.74 bits per heavy atom. The van der Waals surface area contributed by atoms with Gasteiger partial charge in [-0.05, 0) is 58.1 Å². The Labute approximate surface area is 139 Å². The molecule has 0 bridgehead atoms. The number of likely N-dealkylation sites (N-methyl/N-ethyl adjacent to an activating group) is 1. The van der Waals surface area contributed by atoms with E-state index < -0.39 is 0 Å². The fourth-order valence-electron chi connectivity index (χ4n) is 2.15. The minimum absolute atomic E-state index is 0.0424. The molecule has 0 aliphatic heterocycles. The molecule has 1 rings (SSSR count). The number of hydrogen-bond acceptors (Lipinski definition) is 4. The summed E-state index contributed by atoms with van der Waals surface area (Å²) in [6.45, 7) is 7.86. The molecule has 0 saturated carbocycles. The maximum absolute atomic E-state index is 12.7. The highest BCUT2D eigenvalue weighted by Gasteiger charge is 2.18. The Bertz CT molecular complexity index is 541. The number of nitrogens with zero attached hydrogens (tertiary/aromatic N) is 2. The SMILES string of the molecule is CCOC(=O)CCN(CCN(C)C)C(=O)c1ccc(C)c(C)c1. The minimum atomic E-state index is -0.268. The number of hydrogen-bond donors (Lipinski definition) is 0. The van der Waals surface area contributed by atoms with Crippen molar-refractivity contribution in [3.05, 3.63) is 34.9 Å². The molecule has 0 heterocycles. The number of carbonyl (C=O) groups excluding carboxylic acids is 2. The molecule has 5 heteroatoms. The van der Waals surface area contributed by atoms with E-state index in [2.05, 4.69) is 0 Å². The van der Waals surface area contributed by atoms with Crippen LogP contribution in [0.1, 0.15) is 34.8 Å². The van der Waals surface area contributed by atoms with Crippen molar-refractivity contribution in [3.63, 3.8) is 0 Å². The van der Waals surface area contributed by atoms with Crippen molar-refractivity contribution in [1.29, 1.82) is 0 Å². The lowest BCUT2D eigenvalue weighted by atomic mass is 10.1. The van der Waals surface area contributed by atoms with Crippen LogP contribution >= 0.6 is 0 Å². The molecule has 0 unspecified atom stereocenters. The van der Waals surface area contributed by atoms with Gasteiger partial charge in [-0.25, -0.2) is 0 Å². The summed E-state index contributed by atoms with van der Waals surface area (Å²) in [6.07, 6.45) is 0.220. The Morgan fingerprint density at radius 1 is 1.04 bits per heavy atom. The molecule has 1 amide bonds. The van der Waals surface area contributed by atoms with Gasteiger partial charge in [-0.15, -0.1) is 0 Å². The number of rotatable bonds is 8. The van der Waals surface area contributed by atoms with Gasteiger partial charge in [0.2, 0.25) is 0 Å².